The molecule has 0 aromatic heterocycles. The topological polar surface area (TPSA) is 75.8 Å². The molecule has 2 N–H and O–H groups in total. The normalized spacial score (nSPS) is 14.5. The Morgan fingerprint density at radius 1 is 1.24 bits per heavy atom. The van der Waals surface area contributed by atoms with Crippen molar-refractivity contribution in [2.75, 3.05) is 11.9 Å². The quantitative estimate of drug-likeness (QED) is 0.688. The molecule has 1 heterocycles. The van der Waals surface area contributed by atoms with Crippen LogP contribution in [-0.2, 0) is 11.3 Å². The average molecular weight is 337 g/mol. The first kappa shape index (κ1) is 16.6. The number of anilines is 1. The summed E-state index contributed by atoms with van der Waals surface area (Å²) in [6.45, 7) is -0.0166. The van der Waals surface area contributed by atoms with Gasteiger partial charge in [0.2, 0.25) is 0 Å². The highest BCUT2D eigenvalue weighted by molar-refractivity contribution is 6.52. The zero-order chi connectivity index (χ0) is 18.0. The van der Waals surface area contributed by atoms with Crippen LogP contribution in [0.25, 0.3) is 5.57 Å². The fourth-order valence-corrected chi connectivity index (χ4v) is 2.78. The number of nitrogens with two attached hydrogens (primary N) is 1. The van der Waals surface area contributed by atoms with E-state index in [4.69, 9.17) is 5.73 Å². The van der Waals surface area contributed by atoms with E-state index < -0.39 is 17.5 Å². The van der Waals surface area contributed by atoms with Gasteiger partial charge in [-0.3, -0.25) is 14.6 Å². The standard InChI is InChI=1S/C19H16FN3O2/c1-22-10-14(9-21)12-6-7-13(16(20)8-12)11-23-17-5-3-2-4-15(17)18(24)19(23)25/h2-10H,11,21H2,1H3/b14-9+,22-10?. The minimum absolute atomic E-state index is 0.0166. The molecule has 1 aliphatic heterocycles. The zero-order valence-electron chi connectivity index (χ0n) is 13.6. The number of aliphatic imine (C=N–C) groups is 1. The van der Waals surface area contributed by atoms with Crippen molar-refractivity contribution in [2.45, 2.75) is 6.54 Å². The number of rotatable bonds is 4. The number of ketones is 1. The first-order valence-electron chi connectivity index (χ1n) is 7.65. The number of benzene rings is 2. The highest BCUT2D eigenvalue weighted by Crippen LogP contribution is 2.30. The van der Waals surface area contributed by atoms with Gasteiger partial charge in [0.15, 0.2) is 0 Å². The van der Waals surface area contributed by atoms with Crippen molar-refractivity contribution in [1.29, 1.82) is 0 Å². The van der Waals surface area contributed by atoms with Gasteiger partial charge in [0.25, 0.3) is 11.7 Å². The monoisotopic (exact) mass is 337 g/mol. The number of carbonyl (C=O) groups excluding carboxylic acids is 2. The third kappa shape index (κ3) is 2.94. The third-order valence-corrected chi connectivity index (χ3v) is 4.04. The summed E-state index contributed by atoms with van der Waals surface area (Å²) in [6.07, 6.45) is 2.88. The SMILES string of the molecule is CN=C/C(=C\N)c1ccc(CN2C(=O)C(=O)c3ccccc32)c(F)c1. The number of halogens is 1. The molecule has 3 rings (SSSR count). The summed E-state index contributed by atoms with van der Waals surface area (Å²) in [5.41, 5.74) is 7.86. The summed E-state index contributed by atoms with van der Waals surface area (Å²) in [6, 6.07) is 11.3. The molecule has 1 amide bonds. The number of hydrogen-bond donors (Lipinski definition) is 1. The van der Waals surface area contributed by atoms with Crippen molar-refractivity contribution in [1.82, 2.24) is 0 Å². The molecule has 0 atom stereocenters. The Hall–Kier alpha value is -3.28. The van der Waals surface area contributed by atoms with Crippen molar-refractivity contribution in [3.63, 3.8) is 0 Å². The highest BCUT2D eigenvalue weighted by Gasteiger charge is 2.35. The average Bonchev–Trinajstić information content (AvgIpc) is 2.86. The van der Waals surface area contributed by atoms with Gasteiger partial charge in [-0.05, 0) is 23.8 Å². The molecule has 6 heteroatoms. The number of para-hydroxylation sites is 1. The van der Waals surface area contributed by atoms with Crippen LogP contribution < -0.4 is 10.6 Å². The fraction of sp³-hybridized carbons (Fsp3) is 0.105. The van der Waals surface area contributed by atoms with Crippen molar-refractivity contribution < 1.29 is 14.0 Å². The number of hydrogen-bond acceptors (Lipinski definition) is 4. The lowest BCUT2D eigenvalue weighted by atomic mass is 10.0. The maximum atomic E-state index is 14.5. The van der Waals surface area contributed by atoms with Gasteiger partial charge in [0.1, 0.15) is 5.82 Å². The molecule has 126 valence electrons. The van der Waals surface area contributed by atoms with Gasteiger partial charge < -0.3 is 10.6 Å². The van der Waals surface area contributed by atoms with Gasteiger partial charge in [-0.1, -0.05) is 24.3 Å². The predicted molar refractivity (Wildman–Crippen MR) is 94.9 cm³/mol. The van der Waals surface area contributed by atoms with Crippen molar-refractivity contribution >= 4 is 29.2 Å². The molecule has 0 unspecified atom stereocenters. The molecule has 2 aromatic carbocycles. The van der Waals surface area contributed by atoms with Crippen molar-refractivity contribution in [3.8, 4) is 0 Å². The van der Waals surface area contributed by atoms with E-state index >= 15 is 0 Å². The van der Waals surface area contributed by atoms with Gasteiger partial charge >= 0.3 is 0 Å². The number of nitrogens with zero attached hydrogens (tertiary/aromatic N) is 2. The Morgan fingerprint density at radius 3 is 2.68 bits per heavy atom. The summed E-state index contributed by atoms with van der Waals surface area (Å²) < 4.78 is 14.5. The van der Waals surface area contributed by atoms with Crippen molar-refractivity contribution in [2.24, 2.45) is 10.7 Å². The van der Waals surface area contributed by atoms with Crippen LogP contribution in [0.3, 0.4) is 0 Å². The molecule has 25 heavy (non-hydrogen) atoms. The van der Waals surface area contributed by atoms with Gasteiger partial charge in [-0.15, -0.1) is 0 Å². The number of Topliss-reactive ketones (excluding diaryl/α,β-unsaturated/α-hetero) is 1. The maximum Gasteiger partial charge on any atom is 0.299 e. The van der Waals surface area contributed by atoms with Gasteiger partial charge in [-0.25, -0.2) is 4.39 Å². The van der Waals surface area contributed by atoms with E-state index in [0.717, 1.165) is 0 Å². The second-order valence-corrected chi connectivity index (χ2v) is 5.55. The van der Waals surface area contributed by atoms with E-state index in [1.807, 2.05) is 0 Å². The third-order valence-electron chi connectivity index (χ3n) is 4.04. The van der Waals surface area contributed by atoms with Crippen molar-refractivity contribution in [3.05, 3.63) is 71.2 Å². The van der Waals surface area contributed by atoms with E-state index in [1.54, 1.807) is 43.4 Å². The summed E-state index contributed by atoms with van der Waals surface area (Å²) in [5, 5.41) is 0. The summed E-state index contributed by atoms with van der Waals surface area (Å²) >= 11 is 0. The molecule has 0 aliphatic carbocycles. The Balaban J connectivity index is 1.92. The zero-order valence-corrected chi connectivity index (χ0v) is 13.6. The van der Waals surface area contributed by atoms with Crippen LogP contribution >= 0.6 is 0 Å². The lowest BCUT2D eigenvalue weighted by molar-refractivity contribution is -0.114. The summed E-state index contributed by atoms with van der Waals surface area (Å²) in [7, 11) is 1.60. The predicted octanol–water partition coefficient (Wildman–Crippen LogP) is 2.56. The first-order chi connectivity index (χ1) is 12.1. The molecule has 0 spiro atoms. The summed E-state index contributed by atoms with van der Waals surface area (Å²) in [5.74, 6) is -1.70. The molecule has 5 nitrogen and oxygen atoms in total. The lowest BCUT2D eigenvalue weighted by Gasteiger charge is -2.17. The minimum Gasteiger partial charge on any atom is -0.404 e. The van der Waals surface area contributed by atoms with Crippen LogP contribution in [0.1, 0.15) is 21.5 Å². The molecular weight excluding hydrogens is 321 g/mol. The molecule has 0 fully saturated rings. The smallest absolute Gasteiger partial charge is 0.299 e. The molecule has 0 saturated carbocycles. The van der Waals surface area contributed by atoms with E-state index in [1.165, 1.54) is 23.4 Å². The van der Waals surface area contributed by atoms with E-state index in [9.17, 15) is 14.0 Å². The van der Waals surface area contributed by atoms with E-state index in [0.29, 0.717) is 28.0 Å². The van der Waals surface area contributed by atoms with Crippen LogP contribution in [0.5, 0.6) is 0 Å². The van der Waals surface area contributed by atoms with E-state index in [-0.39, 0.29) is 6.54 Å². The Morgan fingerprint density at radius 2 is 2.00 bits per heavy atom. The van der Waals surface area contributed by atoms with Crippen LogP contribution in [0.4, 0.5) is 10.1 Å². The second-order valence-electron chi connectivity index (χ2n) is 5.55. The maximum absolute atomic E-state index is 14.5. The number of amides is 1. The molecule has 1 aliphatic rings. The molecular formula is C19H16FN3O2. The first-order valence-corrected chi connectivity index (χ1v) is 7.65. The molecule has 0 radical (unpaired) electrons. The number of carbonyl (C=O) groups is 2. The molecule has 0 saturated heterocycles. The second kappa shape index (κ2) is 6.68. The Labute approximate surface area is 144 Å². The van der Waals surface area contributed by atoms with Gasteiger partial charge in [0, 0.05) is 30.6 Å². The Bertz CT molecular complexity index is 919. The largest absolute Gasteiger partial charge is 0.404 e. The van der Waals surface area contributed by atoms with E-state index in [2.05, 4.69) is 4.99 Å². The van der Waals surface area contributed by atoms with Crippen LogP contribution in [0, 0.1) is 5.82 Å². The number of allylic oxidation sites excluding steroid dienone is 1. The van der Waals surface area contributed by atoms with Crippen LogP contribution in [0.2, 0.25) is 0 Å². The molecule has 0 bridgehead atoms. The number of fused-ring (bicyclic) bond motifs is 1. The lowest BCUT2D eigenvalue weighted by Crippen LogP contribution is -2.29. The fourth-order valence-electron chi connectivity index (χ4n) is 2.78. The molecule has 2 aromatic rings. The minimum atomic E-state index is -0.648. The Kier molecular flexibility index (Phi) is 4.43. The summed E-state index contributed by atoms with van der Waals surface area (Å²) in [4.78, 5) is 29.4. The van der Waals surface area contributed by atoms with Gasteiger partial charge in [0.05, 0.1) is 17.8 Å². The highest BCUT2D eigenvalue weighted by atomic mass is 19.1. The van der Waals surface area contributed by atoms with Crippen LogP contribution in [0.15, 0.2) is 53.7 Å². The van der Waals surface area contributed by atoms with Crippen LogP contribution in [-0.4, -0.2) is 25.0 Å². The van der Waals surface area contributed by atoms with Gasteiger partial charge in [-0.2, -0.15) is 0 Å².